The van der Waals surface area contributed by atoms with E-state index >= 15 is 0 Å². The summed E-state index contributed by atoms with van der Waals surface area (Å²) in [6, 6.07) is 10.1. The predicted octanol–water partition coefficient (Wildman–Crippen LogP) is 2.28. The van der Waals surface area contributed by atoms with Crippen LogP contribution in [0.1, 0.15) is 0 Å². The van der Waals surface area contributed by atoms with Crippen LogP contribution in [0.2, 0.25) is 0 Å². The van der Waals surface area contributed by atoms with Crippen molar-refractivity contribution in [2.75, 3.05) is 7.11 Å². The minimum absolute atomic E-state index is 0.0167. The Morgan fingerprint density at radius 3 is 2.41 bits per heavy atom. The van der Waals surface area contributed by atoms with Crippen LogP contribution in [0, 0.1) is 6.07 Å². The van der Waals surface area contributed by atoms with Gasteiger partial charge in [0.05, 0.1) is 7.11 Å². The fourth-order valence-corrected chi connectivity index (χ4v) is 1.53. The fourth-order valence-electron chi connectivity index (χ4n) is 1.53. The number of phenolic OH excluding ortho intramolecular Hbond substituents is 3. The molecule has 0 spiro atoms. The number of methoxy groups -OCH3 is 1. The summed E-state index contributed by atoms with van der Waals surface area (Å²) >= 11 is 0. The summed E-state index contributed by atoms with van der Waals surface area (Å²) in [5.74, 6) is 0.107. The smallest absolute Gasteiger partial charge is 0.169 e. The summed E-state index contributed by atoms with van der Waals surface area (Å²) in [6.07, 6.45) is 0. The third-order valence-corrected chi connectivity index (χ3v) is 2.36. The van der Waals surface area contributed by atoms with E-state index in [2.05, 4.69) is 6.07 Å². The minimum Gasteiger partial charge on any atom is -0.508 e. The maximum atomic E-state index is 9.69. The van der Waals surface area contributed by atoms with Crippen molar-refractivity contribution in [2.45, 2.75) is 0 Å². The van der Waals surface area contributed by atoms with Crippen molar-refractivity contribution in [1.29, 1.82) is 0 Å². The molecule has 0 saturated heterocycles. The average molecular weight is 231 g/mol. The Hall–Kier alpha value is -2.36. The van der Waals surface area contributed by atoms with Crippen LogP contribution in [-0.4, -0.2) is 22.4 Å². The summed E-state index contributed by atoms with van der Waals surface area (Å²) in [6.45, 7) is 0. The predicted molar refractivity (Wildman–Crippen MR) is 62.3 cm³/mol. The molecule has 0 amide bonds. The first-order chi connectivity index (χ1) is 8.11. The van der Waals surface area contributed by atoms with E-state index < -0.39 is 0 Å². The standard InChI is InChI=1S/C13H11O4/c1-17-13-6-8(2-5-11(13)15)10-4-3-9(14)7-12(10)16/h2-5,7,14-16H,1H3. The van der Waals surface area contributed by atoms with Gasteiger partial charge in [0.15, 0.2) is 11.5 Å². The SMILES string of the molecule is COc1[c]c(-c2ccc(O)cc2O)ccc1O. The van der Waals surface area contributed by atoms with Crippen molar-refractivity contribution in [1.82, 2.24) is 0 Å². The van der Waals surface area contributed by atoms with Crippen molar-refractivity contribution in [3.05, 3.63) is 36.4 Å². The molecular weight excluding hydrogens is 220 g/mol. The molecule has 4 heteroatoms. The van der Waals surface area contributed by atoms with Crippen LogP contribution in [0.15, 0.2) is 30.3 Å². The van der Waals surface area contributed by atoms with Gasteiger partial charge in [0, 0.05) is 17.7 Å². The van der Waals surface area contributed by atoms with Crippen molar-refractivity contribution in [2.24, 2.45) is 0 Å². The van der Waals surface area contributed by atoms with Crippen LogP contribution < -0.4 is 4.74 Å². The van der Waals surface area contributed by atoms with Gasteiger partial charge >= 0.3 is 0 Å². The van der Waals surface area contributed by atoms with Crippen LogP contribution in [0.5, 0.6) is 23.0 Å². The van der Waals surface area contributed by atoms with Gasteiger partial charge in [-0.15, -0.1) is 0 Å². The van der Waals surface area contributed by atoms with Crippen LogP contribution in [0.3, 0.4) is 0 Å². The van der Waals surface area contributed by atoms with Crippen LogP contribution in [0.25, 0.3) is 11.1 Å². The molecule has 1 radical (unpaired) electrons. The molecule has 2 rings (SSSR count). The topological polar surface area (TPSA) is 69.9 Å². The van der Waals surface area contributed by atoms with Crippen molar-refractivity contribution >= 4 is 0 Å². The minimum atomic E-state index is -0.0611. The zero-order chi connectivity index (χ0) is 12.4. The number of hydrogen-bond acceptors (Lipinski definition) is 4. The maximum Gasteiger partial charge on any atom is 0.169 e. The van der Waals surface area contributed by atoms with Gasteiger partial charge in [-0.05, 0) is 29.8 Å². The Labute approximate surface area is 98.3 Å². The van der Waals surface area contributed by atoms with Gasteiger partial charge in [0.25, 0.3) is 0 Å². The molecule has 0 aliphatic carbocycles. The first-order valence-electron chi connectivity index (χ1n) is 4.93. The Morgan fingerprint density at radius 1 is 1.00 bits per heavy atom. The van der Waals surface area contributed by atoms with Gasteiger partial charge in [-0.2, -0.15) is 0 Å². The van der Waals surface area contributed by atoms with Crippen molar-refractivity contribution in [3.63, 3.8) is 0 Å². The number of ether oxygens (including phenoxy) is 1. The molecule has 0 aliphatic rings. The van der Waals surface area contributed by atoms with Gasteiger partial charge in [-0.25, -0.2) is 0 Å². The highest BCUT2D eigenvalue weighted by Gasteiger charge is 2.09. The summed E-state index contributed by atoms with van der Waals surface area (Å²) < 4.78 is 4.93. The molecule has 2 aromatic carbocycles. The zero-order valence-corrected chi connectivity index (χ0v) is 9.14. The van der Waals surface area contributed by atoms with E-state index in [-0.39, 0.29) is 23.0 Å². The third-order valence-electron chi connectivity index (χ3n) is 2.36. The largest absolute Gasteiger partial charge is 0.508 e. The molecule has 0 aromatic heterocycles. The highest BCUT2D eigenvalue weighted by molar-refractivity contribution is 5.72. The monoisotopic (exact) mass is 231 g/mol. The first-order valence-corrected chi connectivity index (χ1v) is 4.93. The lowest BCUT2D eigenvalue weighted by atomic mass is 10.0. The average Bonchev–Trinajstić information content (AvgIpc) is 2.30. The van der Waals surface area contributed by atoms with E-state index in [4.69, 9.17) is 4.74 Å². The lowest BCUT2D eigenvalue weighted by Gasteiger charge is -2.08. The normalized spacial score (nSPS) is 10.2. The van der Waals surface area contributed by atoms with Gasteiger partial charge in [-0.3, -0.25) is 0 Å². The van der Waals surface area contributed by atoms with Crippen molar-refractivity contribution in [3.8, 4) is 34.1 Å². The number of phenols is 3. The molecule has 0 saturated carbocycles. The zero-order valence-electron chi connectivity index (χ0n) is 9.14. The second kappa shape index (κ2) is 4.25. The second-order valence-corrected chi connectivity index (χ2v) is 3.49. The van der Waals surface area contributed by atoms with E-state index in [1.54, 1.807) is 12.1 Å². The molecule has 2 aromatic rings. The van der Waals surface area contributed by atoms with E-state index in [0.29, 0.717) is 11.1 Å². The lowest BCUT2D eigenvalue weighted by molar-refractivity contribution is 0.373. The molecule has 17 heavy (non-hydrogen) atoms. The molecule has 87 valence electrons. The van der Waals surface area contributed by atoms with Gasteiger partial charge < -0.3 is 20.1 Å². The number of rotatable bonds is 2. The van der Waals surface area contributed by atoms with E-state index in [9.17, 15) is 15.3 Å². The highest BCUT2D eigenvalue weighted by atomic mass is 16.5. The Kier molecular flexibility index (Phi) is 2.78. The Morgan fingerprint density at radius 2 is 1.76 bits per heavy atom. The molecule has 0 atom stereocenters. The molecule has 0 heterocycles. The molecule has 0 bridgehead atoms. The fraction of sp³-hybridized carbons (Fsp3) is 0.0769. The van der Waals surface area contributed by atoms with E-state index in [0.717, 1.165) is 0 Å². The molecular formula is C13H11O4. The Balaban J connectivity index is 2.53. The van der Waals surface area contributed by atoms with E-state index in [1.807, 2.05) is 0 Å². The number of aromatic hydroxyl groups is 3. The van der Waals surface area contributed by atoms with E-state index in [1.165, 1.54) is 25.3 Å². The molecule has 4 nitrogen and oxygen atoms in total. The quantitative estimate of drug-likeness (QED) is 0.741. The van der Waals surface area contributed by atoms with Crippen LogP contribution >= 0.6 is 0 Å². The number of benzene rings is 2. The van der Waals surface area contributed by atoms with Gasteiger partial charge in [-0.1, -0.05) is 0 Å². The molecule has 3 N–H and O–H groups in total. The van der Waals surface area contributed by atoms with Crippen LogP contribution in [0.4, 0.5) is 0 Å². The van der Waals surface area contributed by atoms with Crippen molar-refractivity contribution < 1.29 is 20.1 Å². The van der Waals surface area contributed by atoms with Gasteiger partial charge in [0.2, 0.25) is 0 Å². The highest BCUT2D eigenvalue weighted by Crippen LogP contribution is 2.36. The first kappa shape index (κ1) is 11.1. The van der Waals surface area contributed by atoms with Gasteiger partial charge in [0.1, 0.15) is 11.5 Å². The van der Waals surface area contributed by atoms with Crippen LogP contribution in [-0.2, 0) is 0 Å². The second-order valence-electron chi connectivity index (χ2n) is 3.49. The molecule has 0 aliphatic heterocycles. The molecule has 0 unspecified atom stereocenters. The maximum absolute atomic E-state index is 9.69. The lowest BCUT2D eigenvalue weighted by Crippen LogP contribution is -1.86. The Bertz CT molecular complexity index is 549. The summed E-state index contributed by atoms with van der Waals surface area (Å²) in [4.78, 5) is 0. The summed E-state index contributed by atoms with van der Waals surface area (Å²) in [5.41, 5.74) is 1.07. The summed E-state index contributed by atoms with van der Waals surface area (Å²) in [7, 11) is 1.42. The summed E-state index contributed by atoms with van der Waals surface area (Å²) in [5, 5.41) is 28.3. The third kappa shape index (κ3) is 2.10. The molecule has 0 fully saturated rings. The number of hydrogen-bond donors (Lipinski definition) is 3.